The maximum absolute atomic E-state index is 10.9. The Balaban J connectivity index is 2.30. The smallest absolute Gasteiger partial charge is 0.416 e. The lowest BCUT2D eigenvalue weighted by Crippen LogP contribution is -2.12. The summed E-state index contributed by atoms with van der Waals surface area (Å²) < 4.78 is 4.94. The highest BCUT2D eigenvalue weighted by Gasteiger charge is 2.26. The molecule has 0 spiro atoms. The number of carboxylic acids is 1. The fourth-order valence-electron chi connectivity index (χ4n) is 1.95. The van der Waals surface area contributed by atoms with Crippen molar-refractivity contribution in [3.05, 3.63) is 22.0 Å². The van der Waals surface area contributed by atoms with Crippen LogP contribution in [0.2, 0.25) is 0 Å². The first-order valence-corrected chi connectivity index (χ1v) is 4.60. The number of aliphatic carboxylic acids is 1. The van der Waals surface area contributed by atoms with Gasteiger partial charge in [-0.2, -0.15) is 0 Å². The van der Waals surface area contributed by atoms with E-state index < -0.39 is 11.7 Å². The largest absolute Gasteiger partial charge is 0.481 e. The van der Waals surface area contributed by atoms with Crippen LogP contribution in [0.4, 0.5) is 0 Å². The van der Waals surface area contributed by atoms with Crippen LogP contribution >= 0.6 is 0 Å². The van der Waals surface area contributed by atoms with E-state index in [2.05, 4.69) is 4.98 Å². The van der Waals surface area contributed by atoms with E-state index in [1.54, 1.807) is 0 Å². The van der Waals surface area contributed by atoms with Crippen LogP contribution in [0.15, 0.2) is 9.21 Å². The molecule has 0 aliphatic heterocycles. The zero-order valence-corrected chi connectivity index (χ0v) is 7.58. The second kappa shape index (κ2) is 3.32. The van der Waals surface area contributed by atoms with Gasteiger partial charge in [0.2, 0.25) is 0 Å². The predicted molar refractivity (Wildman–Crippen MR) is 47.3 cm³/mol. The molecule has 0 amide bonds. The van der Waals surface area contributed by atoms with E-state index in [4.69, 9.17) is 9.52 Å². The first-order chi connectivity index (χ1) is 6.66. The van der Waals surface area contributed by atoms with Crippen LogP contribution in [0, 0.1) is 0 Å². The molecule has 1 heterocycles. The van der Waals surface area contributed by atoms with Gasteiger partial charge in [0.25, 0.3) is 0 Å². The molecule has 1 unspecified atom stereocenters. The molecule has 1 aromatic heterocycles. The van der Waals surface area contributed by atoms with E-state index in [-0.39, 0.29) is 12.3 Å². The van der Waals surface area contributed by atoms with E-state index in [1.807, 2.05) is 0 Å². The summed E-state index contributed by atoms with van der Waals surface area (Å²) in [6.07, 6.45) is 2.49. The molecule has 1 aromatic rings. The minimum Gasteiger partial charge on any atom is -0.481 e. The predicted octanol–water partition coefficient (Wildman–Crippen LogP) is 0.863. The molecule has 2 rings (SSSR count). The number of carbonyl (C=O) groups is 1. The third-order valence-electron chi connectivity index (χ3n) is 2.52. The Morgan fingerprint density at radius 1 is 1.64 bits per heavy atom. The number of aromatic amines is 1. The van der Waals surface area contributed by atoms with Crippen molar-refractivity contribution in [1.29, 1.82) is 0 Å². The summed E-state index contributed by atoms with van der Waals surface area (Å²) in [5.41, 5.74) is 0.771. The SMILES string of the molecule is O=C(O)CC1CCCc2[nH]c(=O)oc21. The maximum atomic E-state index is 10.9. The first kappa shape index (κ1) is 9.05. The lowest BCUT2D eigenvalue weighted by atomic mass is 9.88. The van der Waals surface area contributed by atoms with Gasteiger partial charge >= 0.3 is 11.7 Å². The highest BCUT2D eigenvalue weighted by molar-refractivity contribution is 5.68. The molecule has 5 heteroatoms. The highest BCUT2D eigenvalue weighted by Crippen LogP contribution is 2.32. The quantitative estimate of drug-likeness (QED) is 0.736. The number of rotatable bonds is 2. The summed E-state index contributed by atoms with van der Waals surface area (Å²) in [6, 6.07) is 0. The Morgan fingerprint density at radius 2 is 2.43 bits per heavy atom. The standard InChI is InChI=1S/C9H11NO4/c11-7(12)4-5-2-1-3-6-8(5)14-9(13)10-6/h5H,1-4H2,(H,10,13)(H,11,12). The van der Waals surface area contributed by atoms with Gasteiger partial charge in [-0.25, -0.2) is 4.79 Å². The molecular formula is C9H11NO4. The van der Waals surface area contributed by atoms with Crippen molar-refractivity contribution >= 4 is 5.97 Å². The number of aromatic nitrogens is 1. The zero-order valence-electron chi connectivity index (χ0n) is 7.58. The fraction of sp³-hybridized carbons (Fsp3) is 0.556. The number of oxazole rings is 1. The van der Waals surface area contributed by atoms with Crippen molar-refractivity contribution in [2.45, 2.75) is 31.6 Å². The molecular weight excluding hydrogens is 186 g/mol. The van der Waals surface area contributed by atoms with E-state index in [0.29, 0.717) is 5.76 Å². The molecule has 1 aliphatic rings. The lowest BCUT2D eigenvalue weighted by molar-refractivity contribution is -0.137. The molecule has 2 N–H and O–H groups in total. The summed E-state index contributed by atoms with van der Waals surface area (Å²) in [4.78, 5) is 24.1. The van der Waals surface area contributed by atoms with E-state index in [0.717, 1.165) is 25.0 Å². The van der Waals surface area contributed by atoms with Crippen molar-refractivity contribution in [3.63, 3.8) is 0 Å². The fourth-order valence-corrected chi connectivity index (χ4v) is 1.95. The van der Waals surface area contributed by atoms with Crippen LogP contribution in [-0.4, -0.2) is 16.1 Å². The topological polar surface area (TPSA) is 83.3 Å². The molecule has 1 aliphatic carbocycles. The summed E-state index contributed by atoms with van der Waals surface area (Å²) in [7, 11) is 0. The number of nitrogens with one attached hydrogen (secondary N) is 1. The van der Waals surface area contributed by atoms with Crippen LogP contribution in [0.3, 0.4) is 0 Å². The van der Waals surface area contributed by atoms with Crippen LogP contribution in [-0.2, 0) is 11.2 Å². The summed E-state index contributed by atoms with van der Waals surface area (Å²) in [5.74, 6) is -0.933. The molecule has 14 heavy (non-hydrogen) atoms. The third-order valence-corrected chi connectivity index (χ3v) is 2.52. The first-order valence-electron chi connectivity index (χ1n) is 4.60. The molecule has 76 valence electrons. The Hall–Kier alpha value is -1.52. The van der Waals surface area contributed by atoms with Gasteiger partial charge < -0.3 is 9.52 Å². The van der Waals surface area contributed by atoms with Gasteiger partial charge in [-0.15, -0.1) is 0 Å². The minimum atomic E-state index is -0.855. The number of fused-ring (bicyclic) bond motifs is 1. The van der Waals surface area contributed by atoms with Crippen molar-refractivity contribution in [1.82, 2.24) is 4.98 Å². The minimum absolute atomic E-state index is 0.0355. The highest BCUT2D eigenvalue weighted by atomic mass is 16.4. The number of aryl methyl sites for hydroxylation is 1. The Bertz CT molecular complexity index is 403. The Kier molecular flexibility index (Phi) is 2.15. The molecule has 0 radical (unpaired) electrons. The van der Waals surface area contributed by atoms with Gasteiger partial charge in [0.05, 0.1) is 12.1 Å². The average Bonchev–Trinajstić information content (AvgIpc) is 2.45. The molecule has 5 nitrogen and oxygen atoms in total. The summed E-state index contributed by atoms with van der Waals surface area (Å²) in [5, 5.41) is 8.67. The lowest BCUT2D eigenvalue weighted by Gasteiger charge is -2.17. The molecule has 0 fully saturated rings. The van der Waals surface area contributed by atoms with Gasteiger partial charge in [-0.05, 0) is 19.3 Å². The van der Waals surface area contributed by atoms with Gasteiger partial charge in [-0.3, -0.25) is 9.78 Å². The van der Waals surface area contributed by atoms with Crippen molar-refractivity contribution < 1.29 is 14.3 Å². The van der Waals surface area contributed by atoms with Crippen molar-refractivity contribution in [2.75, 3.05) is 0 Å². The van der Waals surface area contributed by atoms with Crippen molar-refractivity contribution in [2.24, 2.45) is 0 Å². The molecule has 0 aromatic carbocycles. The number of carboxylic acid groups (broad SMARTS) is 1. The number of hydrogen-bond acceptors (Lipinski definition) is 3. The normalized spacial score (nSPS) is 20.4. The zero-order chi connectivity index (χ0) is 10.1. The van der Waals surface area contributed by atoms with E-state index >= 15 is 0 Å². The van der Waals surface area contributed by atoms with Gasteiger partial charge in [0.1, 0.15) is 5.76 Å². The average molecular weight is 197 g/mol. The molecule has 1 atom stereocenters. The maximum Gasteiger partial charge on any atom is 0.416 e. The molecule has 0 bridgehead atoms. The van der Waals surface area contributed by atoms with E-state index in [1.165, 1.54) is 0 Å². The van der Waals surface area contributed by atoms with E-state index in [9.17, 15) is 9.59 Å². The summed E-state index contributed by atoms with van der Waals surface area (Å²) >= 11 is 0. The van der Waals surface area contributed by atoms with Gasteiger partial charge in [0, 0.05) is 5.92 Å². The second-order valence-corrected chi connectivity index (χ2v) is 3.54. The Morgan fingerprint density at radius 3 is 3.14 bits per heavy atom. The summed E-state index contributed by atoms with van der Waals surface area (Å²) in [6.45, 7) is 0. The van der Waals surface area contributed by atoms with Gasteiger partial charge in [-0.1, -0.05) is 0 Å². The van der Waals surface area contributed by atoms with Crippen LogP contribution < -0.4 is 5.76 Å². The third kappa shape index (κ3) is 1.57. The van der Waals surface area contributed by atoms with Crippen LogP contribution in [0.25, 0.3) is 0 Å². The number of hydrogen-bond donors (Lipinski definition) is 2. The Labute approximate surface area is 79.7 Å². The molecule has 0 saturated heterocycles. The monoisotopic (exact) mass is 197 g/mol. The molecule has 0 saturated carbocycles. The van der Waals surface area contributed by atoms with Crippen LogP contribution in [0.1, 0.15) is 36.6 Å². The van der Waals surface area contributed by atoms with Crippen molar-refractivity contribution in [3.8, 4) is 0 Å². The van der Waals surface area contributed by atoms with Gasteiger partial charge in [0.15, 0.2) is 0 Å². The van der Waals surface area contributed by atoms with Crippen LogP contribution in [0.5, 0.6) is 0 Å². The second-order valence-electron chi connectivity index (χ2n) is 3.54. The number of H-pyrrole nitrogens is 1.